The third kappa shape index (κ3) is 5.53. The second kappa shape index (κ2) is 7.10. The third-order valence-electron chi connectivity index (χ3n) is 2.02. The van der Waals surface area contributed by atoms with Crippen LogP contribution >= 0.6 is 11.3 Å². The molecule has 0 radical (unpaired) electrons. The quantitative estimate of drug-likeness (QED) is 0.801. The van der Waals surface area contributed by atoms with Gasteiger partial charge in [-0.3, -0.25) is 4.79 Å². The highest BCUT2D eigenvalue weighted by atomic mass is 32.1. The molecule has 0 bridgehead atoms. The van der Waals surface area contributed by atoms with Crippen molar-refractivity contribution in [1.82, 2.24) is 5.32 Å². The Morgan fingerprint density at radius 2 is 2.35 bits per heavy atom. The lowest BCUT2D eigenvalue weighted by molar-refractivity contribution is -0.121. The van der Waals surface area contributed by atoms with E-state index in [0.29, 0.717) is 18.9 Å². The largest absolute Gasteiger partial charge is 0.384 e. The molecule has 1 aromatic rings. The monoisotopic (exact) mass is 251 g/mol. The number of thiophene rings is 1. The van der Waals surface area contributed by atoms with Gasteiger partial charge in [0, 0.05) is 22.2 Å². The molecular weight excluding hydrogens is 234 g/mol. The molecule has 1 rings (SSSR count). The summed E-state index contributed by atoms with van der Waals surface area (Å²) in [5.74, 6) is 5.88. The summed E-state index contributed by atoms with van der Waals surface area (Å²) in [7, 11) is 0. The summed E-state index contributed by atoms with van der Waals surface area (Å²) in [6, 6.07) is 1.93. The van der Waals surface area contributed by atoms with Gasteiger partial charge in [0.1, 0.15) is 6.61 Å². The SMILES string of the molecule is CC(C)CC(=O)NCc1cc(C#CCO)cs1. The van der Waals surface area contributed by atoms with Crippen LogP contribution in [0.2, 0.25) is 0 Å². The molecule has 0 saturated carbocycles. The molecule has 0 aliphatic carbocycles. The Morgan fingerprint density at radius 1 is 1.59 bits per heavy atom. The van der Waals surface area contributed by atoms with E-state index in [1.54, 1.807) is 11.3 Å². The number of carbonyl (C=O) groups is 1. The molecule has 0 aliphatic rings. The van der Waals surface area contributed by atoms with Gasteiger partial charge in [-0.15, -0.1) is 11.3 Å². The number of hydrogen-bond donors (Lipinski definition) is 2. The Bertz CT molecular complexity index is 426. The smallest absolute Gasteiger partial charge is 0.220 e. The van der Waals surface area contributed by atoms with Crippen LogP contribution < -0.4 is 5.32 Å². The van der Waals surface area contributed by atoms with Gasteiger partial charge in [-0.05, 0) is 12.0 Å². The molecular formula is C13H17NO2S. The number of rotatable bonds is 4. The van der Waals surface area contributed by atoms with Crippen molar-refractivity contribution in [1.29, 1.82) is 0 Å². The molecule has 4 heteroatoms. The Morgan fingerprint density at radius 3 is 3.00 bits per heavy atom. The van der Waals surface area contributed by atoms with Crippen LogP contribution in [0.3, 0.4) is 0 Å². The van der Waals surface area contributed by atoms with Gasteiger partial charge < -0.3 is 10.4 Å². The average molecular weight is 251 g/mol. The fraction of sp³-hybridized carbons (Fsp3) is 0.462. The lowest BCUT2D eigenvalue weighted by Gasteiger charge is -2.05. The summed E-state index contributed by atoms with van der Waals surface area (Å²) in [5.41, 5.74) is 0.886. The van der Waals surface area contributed by atoms with Gasteiger partial charge in [0.05, 0.1) is 6.54 Å². The number of hydrogen-bond acceptors (Lipinski definition) is 3. The van der Waals surface area contributed by atoms with Gasteiger partial charge in [0.2, 0.25) is 5.91 Å². The van der Waals surface area contributed by atoms with Crippen molar-refractivity contribution >= 4 is 17.2 Å². The maximum absolute atomic E-state index is 11.4. The fourth-order valence-corrected chi connectivity index (χ4v) is 2.06. The summed E-state index contributed by atoms with van der Waals surface area (Å²) < 4.78 is 0. The van der Waals surface area contributed by atoms with E-state index in [-0.39, 0.29) is 12.5 Å². The first kappa shape index (κ1) is 13.8. The van der Waals surface area contributed by atoms with E-state index in [9.17, 15) is 4.79 Å². The van der Waals surface area contributed by atoms with Crippen LogP contribution in [0.25, 0.3) is 0 Å². The Hall–Kier alpha value is -1.31. The van der Waals surface area contributed by atoms with E-state index in [1.807, 2.05) is 25.3 Å². The van der Waals surface area contributed by atoms with Crippen molar-refractivity contribution in [2.45, 2.75) is 26.8 Å². The molecule has 17 heavy (non-hydrogen) atoms. The van der Waals surface area contributed by atoms with Crippen LogP contribution in [-0.2, 0) is 11.3 Å². The predicted molar refractivity (Wildman–Crippen MR) is 69.6 cm³/mol. The molecule has 0 atom stereocenters. The predicted octanol–water partition coefficient (Wildman–Crippen LogP) is 1.75. The van der Waals surface area contributed by atoms with Crippen molar-refractivity contribution in [2.24, 2.45) is 5.92 Å². The van der Waals surface area contributed by atoms with E-state index >= 15 is 0 Å². The van der Waals surface area contributed by atoms with Gasteiger partial charge in [0.15, 0.2) is 0 Å². The van der Waals surface area contributed by atoms with Crippen molar-refractivity contribution in [3.63, 3.8) is 0 Å². The van der Waals surface area contributed by atoms with Crippen LogP contribution in [0.1, 0.15) is 30.7 Å². The maximum Gasteiger partial charge on any atom is 0.220 e. The molecule has 0 spiro atoms. The van der Waals surface area contributed by atoms with Crippen LogP contribution in [-0.4, -0.2) is 17.6 Å². The molecule has 0 aromatic carbocycles. The molecule has 1 amide bonds. The van der Waals surface area contributed by atoms with E-state index in [0.717, 1.165) is 10.4 Å². The highest BCUT2D eigenvalue weighted by molar-refractivity contribution is 7.10. The normalized spacial score (nSPS) is 9.88. The van der Waals surface area contributed by atoms with E-state index in [4.69, 9.17) is 5.11 Å². The van der Waals surface area contributed by atoms with Crippen molar-refractivity contribution in [3.05, 3.63) is 21.9 Å². The molecule has 0 unspecified atom stereocenters. The highest BCUT2D eigenvalue weighted by Gasteiger charge is 2.05. The zero-order valence-electron chi connectivity index (χ0n) is 10.1. The van der Waals surface area contributed by atoms with Crippen molar-refractivity contribution < 1.29 is 9.90 Å². The first-order chi connectivity index (χ1) is 8.11. The number of nitrogens with one attached hydrogen (secondary N) is 1. The van der Waals surface area contributed by atoms with Gasteiger partial charge in [-0.2, -0.15) is 0 Å². The molecule has 92 valence electrons. The van der Waals surface area contributed by atoms with E-state index in [1.165, 1.54) is 0 Å². The lowest BCUT2D eigenvalue weighted by Crippen LogP contribution is -2.23. The zero-order chi connectivity index (χ0) is 12.7. The molecule has 0 fully saturated rings. The van der Waals surface area contributed by atoms with E-state index < -0.39 is 0 Å². The van der Waals surface area contributed by atoms with Crippen molar-refractivity contribution in [3.8, 4) is 11.8 Å². The molecule has 2 N–H and O–H groups in total. The summed E-state index contributed by atoms with van der Waals surface area (Å²) >= 11 is 1.56. The Balaban J connectivity index is 2.42. The van der Waals surface area contributed by atoms with Gasteiger partial charge in [0.25, 0.3) is 0 Å². The molecule has 3 nitrogen and oxygen atoms in total. The van der Waals surface area contributed by atoms with Crippen LogP contribution in [0, 0.1) is 17.8 Å². The lowest BCUT2D eigenvalue weighted by atomic mass is 10.1. The van der Waals surface area contributed by atoms with Gasteiger partial charge in [-0.25, -0.2) is 0 Å². The summed E-state index contributed by atoms with van der Waals surface area (Å²) in [5, 5.41) is 13.4. The van der Waals surface area contributed by atoms with Crippen LogP contribution in [0.15, 0.2) is 11.4 Å². The summed E-state index contributed by atoms with van der Waals surface area (Å²) in [6.45, 7) is 4.47. The summed E-state index contributed by atoms with van der Waals surface area (Å²) in [4.78, 5) is 12.5. The number of carbonyl (C=O) groups excluding carboxylic acids is 1. The molecule has 0 aliphatic heterocycles. The highest BCUT2D eigenvalue weighted by Crippen LogP contribution is 2.13. The average Bonchev–Trinajstić information content (AvgIpc) is 2.70. The zero-order valence-corrected chi connectivity index (χ0v) is 10.9. The van der Waals surface area contributed by atoms with Crippen molar-refractivity contribution in [2.75, 3.05) is 6.61 Å². The molecule has 1 heterocycles. The first-order valence-corrected chi connectivity index (χ1v) is 6.43. The topological polar surface area (TPSA) is 49.3 Å². The number of aliphatic hydroxyl groups is 1. The maximum atomic E-state index is 11.4. The fourth-order valence-electron chi connectivity index (χ4n) is 1.31. The second-order valence-corrected chi connectivity index (χ2v) is 5.13. The number of aliphatic hydroxyl groups excluding tert-OH is 1. The number of amides is 1. The molecule has 0 saturated heterocycles. The first-order valence-electron chi connectivity index (χ1n) is 5.55. The minimum atomic E-state index is -0.129. The van der Waals surface area contributed by atoms with Crippen LogP contribution in [0.5, 0.6) is 0 Å². The Kier molecular flexibility index (Phi) is 5.75. The minimum absolute atomic E-state index is 0.0800. The molecule has 1 aromatic heterocycles. The van der Waals surface area contributed by atoms with E-state index in [2.05, 4.69) is 17.2 Å². The second-order valence-electron chi connectivity index (χ2n) is 4.14. The minimum Gasteiger partial charge on any atom is -0.384 e. The Labute approximate surface area is 106 Å². The third-order valence-corrected chi connectivity index (χ3v) is 2.96. The summed E-state index contributed by atoms with van der Waals surface area (Å²) in [6.07, 6.45) is 0.558. The van der Waals surface area contributed by atoms with Gasteiger partial charge in [-0.1, -0.05) is 25.7 Å². The standard InChI is InChI=1S/C13H17NO2S/c1-10(2)6-13(16)14-8-12-7-11(9-17-12)4-3-5-15/h7,9-10,15H,5-6,8H2,1-2H3,(H,14,16). The van der Waals surface area contributed by atoms with Gasteiger partial charge >= 0.3 is 0 Å². The van der Waals surface area contributed by atoms with Crippen LogP contribution in [0.4, 0.5) is 0 Å².